The maximum Gasteiger partial charge on any atom is 0.416 e. The topological polar surface area (TPSA) is 141 Å². The van der Waals surface area contributed by atoms with E-state index in [1.165, 1.54) is 20.7 Å². The minimum absolute atomic E-state index is 0.0429. The first-order valence-electron chi connectivity index (χ1n) is 11.1. The fourth-order valence-corrected chi connectivity index (χ4v) is 5.74. The summed E-state index contributed by atoms with van der Waals surface area (Å²) in [6, 6.07) is 4.35. The number of sulfonamides is 2. The molecule has 2 N–H and O–H groups in total. The van der Waals surface area contributed by atoms with Crippen molar-refractivity contribution in [2.45, 2.75) is 31.9 Å². The zero-order valence-electron chi connectivity index (χ0n) is 19.9. The van der Waals surface area contributed by atoms with E-state index >= 15 is 0 Å². The molecule has 2 atom stereocenters. The summed E-state index contributed by atoms with van der Waals surface area (Å²) in [5.41, 5.74) is -0.807. The highest BCUT2D eigenvalue weighted by atomic mass is 32.2. The van der Waals surface area contributed by atoms with Crippen molar-refractivity contribution in [2.75, 3.05) is 44.0 Å². The molecule has 2 saturated heterocycles. The van der Waals surface area contributed by atoms with Gasteiger partial charge in [0.15, 0.2) is 0 Å². The third-order valence-electron chi connectivity index (χ3n) is 5.88. The van der Waals surface area contributed by atoms with Crippen molar-refractivity contribution in [1.29, 1.82) is 0 Å². The molecule has 0 spiro atoms. The molecular formula is C21H30F3N3O7S2. The number of alkyl halides is 3. The van der Waals surface area contributed by atoms with Gasteiger partial charge in [0.05, 0.1) is 29.9 Å². The monoisotopic (exact) mass is 557 g/mol. The number of rotatable bonds is 5. The second kappa shape index (κ2) is 11.9. The number of anilines is 1. The Morgan fingerprint density at radius 1 is 0.944 bits per heavy atom. The number of carboxylic acid groups (broad SMARTS) is 1. The van der Waals surface area contributed by atoms with Crippen molar-refractivity contribution in [3.05, 3.63) is 29.8 Å². The highest BCUT2D eigenvalue weighted by molar-refractivity contribution is 7.88. The van der Waals surface area contributed by atoms with Crippen LogP contribution in [0.2, 0.25) is 0 Å². The SMILES string of the molecule is CS(=O)(=O)N1CCC[C@H](C(=O)Nc2cccc(C(F)(F)F)c2)C1.CS(=O)(=O)N1CCC[C@H](C(=O)O)C1. The average molecular weight is 558 g/mol. The molecule has 2 aliphatic heterocycles. The van der Waals surface area contributed by atoms with Crippen LogP contribution in [0.3, 0.4) is 0 Å². The van der Waals surface area contributed by atoms with Crippen LogP contribution < -0.4 is 5.32 Å². The lowest BCUT2D eigenvalue weighted by molar-refractivity contribution is -0.143. The molecule has 15 heteroatoms. The third-order valence-corrected chi connectivity index (χ3v) is 8.42. The van der Waals surface area contributed by atoms with E-state index in [1.54, 1.807) is 0 Å². The first-order valence-corrected chi connectivity index (χ1v) is 14.8. The maximum absolute atomic E-state index is 12.7. The van der Waals surface area contributed by atoms with Crippen LogP contribution in [0.25, 0.3) is 0 Å². The van der Waals surface area contributed by atoms with Gasteiger partial charge in [0.1, 0.15) is 0 Å². The summed E-state index contributed by atoms with van der Waals surface area (Å²) < 4.78 is 85.7. The number of halogens is 3. The zero-order chi connectivity index (χ0) is 27.3. The average Bonchev–Trinajstić information content (AvgIpc) is 2.78. The lowest BCUT2D eigenvalue weighted by Gasteiger charge is -2.30. The number of carbonyl (C=O) groups excluding carboxylic acids is 1. The Labute approximate surface area is 208 Å². The van der Waals surface area contributed by atoms with E-state index in [9.17, 15) is 39.6 Å². The summed E-state index contributed by atoms with van der Waals surface area (Å²) in [6.07, 6.45) is -0.0774. The molecule has 2 heterocycles. The largest absolute Gasteiger partial charge is 0.481 e. The number of aliphatic carboxylic acids is 1. The highest BCUT2D eigenvalue weighted by Crippen LogP contribution is 2.31. The number of amides is 1. The fraction of sp³-hybridized carbons (Fsp3) is 0.619. The number of carbonyl (C=O) groups is 2. The smallest absolute Gasteiger partial charge is 0.416 e. The molecule has 204 valence electrons. The Balaban J connectivity index is 0.000000297. The van der Waals surface area contributed by atoms with E-state index in [0.29, 0.717) is 38.8 Å². The van der Waals surface area contributed by atoms with Crippen LogP contribution in [0, 0.1) is 11.8 Å². The number of hydrogen-bond acceptors (Lipinski definition) is 6. The number of nitrogens with zero attached hydrogens (tertiary/aromatic N) is 2. The summed E-state index contributed by atoms with van der Waals surface area (Å²) in [5.74, 6) is -2.50. The van der Waals surface area contributed by atoms with Gasteiger partial charge in [0, 0.05) is 31.9 Å². The first kappa shape index (κ1) is 30.0. The summed E-state index contributed by atoms with van der Waals surface area (Å²) in [7, 11) is -6.61. The standard InChI is InChI=1S/C14H17F3N2O3S.C7H13NO4S/c1-23(21,22)19-7-3-4-10(9-19)13(20)18-12-6-2-5-11(8-12)14(15,16)17;1-13(11,12)8-4-2-3-6(5-8)7(9)10/h2,5-6,8,10H,3-4,7,9H2,1H3,(H,18,20);6H,2-5H2,1H3,(H,9,10)/t10-;6-/m00/s1. The van der Waals surface area contributed by atoms with Crippen molar-refractivity contribution in [1.82, 2.24) is 8.61 Å². The number of hydrogen-bond donors (Lipinski definition) is 2. The molecule has 1 aromatic carbocycles. The van der Waals surface area contributed by atoms with Crippen molar-refractivity contribution in [2.24, 2.45) is 11.8 Å². The van der Waals surface area contributed by atoms with Gasteiger partial charge >= 0.3 is 12.1 Å². The van der Waals surface area contributed by atoms with Crippen LogP contribution in [0.1, 0.15) is 31.2 Å². The van der Waals surface area contributed by atoms with Gasteiger partial charge in [-0.2, -0.15) is 13.2 Å². The van der Waals surface area contributed by atoms with Crippen LogP contribution in [0.4, 0.5) is 18.9 Å². The minimum atomic E-state index is -4.49. The van der Waals surface area contributed by atoms with E-state index in [0.717, 1.165) is 24.6 Å². The molecule has 3 rings (SSSR count). The van der Waals surface area contributed by atoms with Crippen LogP contribution >= 0.6 is 0 Å². The predicted octanol–water partition coefficient (Wildman–Crippen LogP) is 2.06. The second-order valence-electron chi connectivity index (χ2n) is 8.83. The number of carboxylic acids is 1. The van der Waals surface area contributed by atoms with Crippen LogP contribution in [-0.4, -0.2) is 81.1 Å². The summed E-state index contributed by atoms with van der Waals surface area (Å²) in [6.45, 7) is 0.965. The van der Waals surface area contributed by atoms with Gasteiger partial charge in [-0.1, -0.05) is 6.07 Å². The van der Waals surface area contributed by atoms with Crippen LogP contribution in [0.15, 0.2) is 24.3 Å². The van der Waals surface area contributed by atoms with Gasteiger partial charge in [-0.05, 0) is 43.9 Å². The highest BCUT2D eigenvalue weighted by Gasteiger charge is 2.32. The Morgan fingerprint density at radius 2 is 1.44 bits per heavy atom. The van der Waals surface area contributed by atoms with Crippen molar-refractivity contribution >= 4 is 37.6 Å². The van der Waals surface area contributed by atoms with Crippen molar-refractivity contribution < 1.29 is 44.7 Å². The molecule has 36 heavy (non-hydrogen) atoms. The van der Waals surface area contributed by atoms with Gasteiger partial charge in [-0.15, -0.1) is 0 Å². The Morgan fingerprint density at radius 3 is 1.92 bits per heavy atom. The molecule has 2 fully saturated rings. The van der Waals surface area contributed by atoms with Crippen LogP contribution in [0.5, 0.6) is 0 Å². The van der Waals surface area contributed by atoms with E-state index < -0.39 is 55.5 Å². The van der Waals surface area contributed by atoms with Crippen molar-refractivity contribution in [3.63, 3.8) is 0 Å². The molecule has 2 aliphatic rings. The quantitative estimate of drug-likeness (QED) is 0.565. The number of nitrogens with one attached hydrogen (secondary N) is 1. The van der Waals surface area contributed by atoms with Gasteiger partial charge < -0.3 is 10.4 Å². The molecule has 0 saturated carbocycles. The van der Waals surface area contributed by atoms with E-state index in [1.807, 2.05) is 0 Å². The molecule has 0 aliphatic carbocycles. The summed E-state index contributed by atoms with van der Waals surface area (Å²) >= 11 is 0. The lowest BCUT2D eigenvalue weighted by atomic mass is 9.98. The minimum Gasteiger partial charge on any atom is -0.481 e. The number of benzene rings is 1. The molecule has 10 nitrogen and oxygen atoms in total. The molecule has 0 bridgehead atoms. The second-order valence-corrected chi connectivity index (χ2v) is 12.8. The summed E-state index contributed by atoms with van der Waals surface area (Å²) in [5, 5.41) is 11.1. The van der Waals surface area contributed by atoms with E-state index in [2.05, 4.69) is 5.32 Å². The molecule has 1 aromatic rings. The van der Waals surface area contributed by atoms with Gasteiger partial charge in [0.2, 0.25) is 26.0 Å². The first-order chi connectivity index (χ1) is 16.5. The zero-order valence-corrected chi connectivity index (χ0v) is 21.5. The van der Waals surface area contributed by atoms with Gasteiger partial charge in [-0.25, -0.2) is 25.4 Å². The van der Waals surface area contributed by atoms with Gasteiger partial charge in [0.25, 0.3) is 0 Å². The molecule has 1 amide bonds. The molecule has 0 unspecified atom stereocenters. The predicted molar refractivity (Wildman–Crippen MR) is 126 cm³/mol. The van der Waals surface area contributed by atoms with Crippen molar-refractivity contribution in [3.8, 4) is 0 Å². The normalized spacial score (nSPS) is 22.2. The van der Waals surface area contributed by atoms with Crippen LogP contribution in [-0.2, 0) is 35.8 Å². The molecular weight excluding hydrogens is 527 g/mol. The Kier molecular flexibility index (Phi) is 9.90. The molecule has 0 radical (unpaired) electrons. The third kappa shape index (κ3) is 9.01. The van der Waals surface area contributed by atoms with E-state index in [-0.39, 0.29) is 18.8 Å². The van der Waals surface area contributed by atoms with E-state index in [4.69, 9.17) is 5.11 Å². The maximum atomic E-state index is 12.7. The Hall–Kier alpha value is -2.23. The lowest BCUT2D eigenvalue weighted by Crippen LogP contribution is -2.43. The van der Waals surface area contributed by atoms with Gasteiger partial charge in [-0.3, -0.25) is 9.59 Å². The fourth-order valence-electron chi connectivity index (χ4n) is 3.92. The number of piperidine rings is 2. The molecule has 0 aromatic heterocycles. The summed E-state index contributed by atoms with van der Waals surface area (Å²) in [4.78, 5) is 22.8. The Bertz CT molecular complexity index is 1160.